The zero-order valence-electron chi connectivity index (χ0n) is 10.2. The molecular weight excluding hydrogens is 266 g/mol. The third-order valence-corrected chi connectivity index (χ3v) is 3.96. The summed E-state index contributed by atoms with van der Waals surface area (Å²) in [4.78, 5) is 1.34. The van der Waals surface area contributed by atoms with Crippen LogP contribution in [0.3, 0.4) is 0 Å². The maximum absolute atomic E-state index is 5.82. The average Bonchev–Trinajstić information content (AvgIpc) is 2.91. The van der Waals surface area contributed by atoms with Crippen LogP contribution in [0.1, 0.15) is 17.3 Å². The van der Waals surface area contributed by atoms with Crippen molar-refractivity contribution in [3.8, 4) is 5.75 Å². The standard InChI is InChI=1S/C14H16ClNOS/c1-16-13(14-3-2-10-18-14)8-9-17-12-6-4-11(15)5-7-12/h2-7,10,13,16H,8-9H2,1H3. The van der Waals surface area contributed by atoms with Crippen molar-refractivity contribution in [1.82, 2.24) is 5.32 Å². The molecule has 1 aromatic heterocycles. The highest BCUT2D eigenvalue weighted by atomic mass is 35.5. The molecule has 0 aliphatic heterocycles. The van der Waals surface area contributed by atoms with E-state index in [1.807, 2.05) is 31.3 Å². The predicted molar refractivity (Wildman–Crippen MR) is 77.7 cm³/mol. The topological polar surface area (TPSA) is 21.3 Å². The normalized spacial score (nSPS) is 12.3. The molecule has 1 atom stereocenters. The van der Waals surface area contributed by atoms with Crippen LogP contribution in [-0.2, 0) is 0 Å². The Bertz CT molecular complexity index is 455. The maximum atomic E-state index is 5.82. The van der Waals surface area contributed by atoms with Crippen molar-refractivity contribution in [2.24, 2.45) is 0 Å². The van der Waals surface area contributed by atoms with E-state index in [0.29, 0.717) is 12.6 Å². The fraction of sp³-hybridized carbons (Fsp3) is 0.286. The molecular formula is C14H16ClNOS. The molecule has 0 aliphatic rings. The van der Waals surface area contributed by atoms with Gasteiger partial charge in [-0.15, -0.1) is 11.3 Å². The van der Waals surface area contributed by atoms with Gasteiger partial charge in [-0.1, -0.05) is 17.7 Å². The molecule has 0 bridgehead atoms. The van der Waals surface area contributed by atoms with Gasteiger partial charge in [0, 0.05) is 22.4 Å². The van der Waals surface area contributed by atoms with Crippen LogP contribution in [0, 0.1) is 0 Å². The summed E-state index contributed by atoms with van der Waals surface area (Å²) < 4.78 is 5.70. The number of hydrogen-bond donors (Lipinski definition) is 1. The maximum Gasteiger partial charge on any atom is 0.119 e. The Hall–Kier alpha value is -1.03. The lowest BCUT2D eigenvalue weighted by Gasteiger charge is -2.15. The molecule has 0 aliphatic carbocycles. The van der Waals surface area contributed by atoms with E-state index in [2.05, 4.69) is 22.8 Å². The number of benzene rings is 1. The molecule has 0 spiro atoms. The summed E-state index contributed by atoms with van der Waals surface area (Å²) in [7, 11) is 1.98. The van der Waals surface area contributed by atoms with Crippen LogP contribution >= 0.6 is 22.9 Å². The molecule has 1 unspecified atom stereocenters. The van der Waals surface area contributed by atoms with Crippen LogP contribution in [0.5, 0.6) is 5.75 Å². The molecule has 0 saturated carbocycles. The van der Waals surface area contributed by atoms with Crippen LogP contribution in [0.25, 0.3) is 0 Å². The van der Waals surface area contributed by atoms with Gasteiger partial charge in [-0.25, -0.2) is 0 Å². The van der Waals surface area contributed by atoms with Crippen LogP contribution in [0.4, 0.5) is 0 Å². The molecule has 0 saturated heterocycles. The van der Waals surface area contributed by atoms with Crippen LogP contribution < -0.4 is 10.1 Å². The van der Waals surface area contributed by atoms with Crippen LogP contribution in [-0.4, -0.2) is 13.7 Å². The van der Waals surface area contributed by atoms with Crippen molar-refractivity contribution in [2.75, 3.05) is 13.7 Å². The smallest absolute Gasteiger partial charge is 0.119 e. The number of hydrogen-bond acceptors (Lipinski definition) is 3. The lowest BCUT2D eigenvalue weighted by Crippen LogP contribution is -2.18. The van der Waals surface area contributed by atoms with Gasteiger partial charge in [0.2, 0.25) is 0 Å². The Morgan fingerprint density at radius 1 is 1.28 bits per heavy atom. The van der Waals surface area contributed by atoms with Gasteiger partial charge in [0.15, 0.2) is 0 Å². The molecule has 1 heterocycles. The van der Waals surface area contributed by atoms with E-state index in [9.17, 15) is 0 Å². The number of ether oxygens (including phenoxy) is 1. The summed E-state index contributed by atoms with van der Waals surface area (Å²) in [5.74, 6) is 0.862. The van der Waals surface area contributed by atoms with E-state index in [1.54, 1.807) is 11.3 Å². The molecule has 18 heavy (non-hydrogen) atoms. The summed E-state index contributed by atoms with van der Waals surface area (Å²) in [6, 6.07) is 12.0. The van der Waals surface area contributed by atoms with E-state index in [4.69, 9.17) is 16.3 Å². The van der Waals surface area contributed by atoms with Gasteiger partial charge in [-0.3, -0.25) is 0 Å². The number of halogens is 1. The van der Waals surface area contributed by atoms with Gasteiger partial charge in [0.05, 0.1) is 6.61 Å². The third-order valence-electron chi connectivity index (χ3n) is 2.72. The van der Waals surface area contributed by atoms with E-state index in [-0.39, 0.29) is 0 Å². The van der Waals surface area contributed by atoms with Gasteiger partial charge < -0.3 is 10.1 Å². The molecule has 0 radical (unpaired) electrons. The SMILES string of the molecule is CNC(CCOc1ccc(Cl)cc1)c1cccs1. The monoisotopic (exact) mass is 281 g/mol. The fourth-order valence-corrected chi connectivity index (χ4v) is 2.74. The van der Waals surface area contributed by atoms with Gasteiger partial charge in [-0.05, 0) is 42.8 Å². The summed E-state index contributed by atoms with van der Waals surface area (Å²) in [5, 5.41) is 6.14. The number of nitrogens with one attached hydrogen (secondary N) is 1. The van der Waals surface area contributed by atoms with Crippen molar-refractivity contribution in [1.29, 1.82) is 0 Å². The minimum absolute atomic E-state index is 0.359. The number of thiophene rings is 1. The summed E-state index contributed by atoms with van der Waals surface area (Å²) in [5.41, 5.74) is 0. The zero-order valence-corrected chi connectivity index (χ0v) is 11.8. The molecule has 1 aromatic carbocycles. The van der Waals surface area contributed by atoms with E-state index < -0.39 is 0 Å². The lowest BCUT2D eigenvalue weighted by atomic mass is 10.2. The highest BCUT2D eigenvalue weighted by molar-refractivity contribution is 7.10. The van der Waals surface area contributed by atoms with Crippen molar-refractivity contribution in [3.05, 3.63) is 51.7 Å². The molecule has 0 amide bonds. The Kier molecular flexibility index (Phi) is 5.05. The van der Waals surface area contributed by atoms with Gasteiger partial charge in [0.1, 0.15) is 5.75 Å². The van der Waals surface area contributed by atoms with Crippen molar-refractivity contribution < 1.29 is 4.74 Å². The minimum Gasteiger partial charge on any atom is -0.494 e. The van der Waals surface area contributed by atoms with Crippen LogP contribution in [0.15, 0.2) is 41.8 Å². The molecule has 2 aromatic rings. The Balaban J connectivity index is 1.82. The van der Waals surface area contributed by atoms with Gasteiger partial charge in [-0.2, -0.15) is 0 Å². The van der Waals surface area contributed by atoms with Crippen molar-refractivity contribution in [3.63, 3.8) is 0 Å². The highest BCUT2D eigenvalue weighted by Crippen LogP contribution is 2.22. The molecule has 1 N–H and O–H groups in total. The zero-order chi connectivity index (χ0) is 12.8. The molecule has 2 nitrogen and oxygen atoms in total. The van der Waals surface area contributed by atoms with Gasteiger partial charge in [0.25, 0.3) is 0 Å². The first-order valence-corrected chi connectivity index (χ1v) is 7.14. The molecule has 2 rings (SSSR count). The minimum atomic E-state index is 0.359. The van der Waals surface area contributed by atoms with Crippen molar-refractivity contribution in [2.45, 2.75) is 12.5 Å². The second-order valence-corrected chi connectivity index (χ2v) is 5.36. The Morgan fingerprint density at radius 2 is 2.06 bits per heavy atom. The first-order chi connectivity index (χ1) is 8.79. The largest absolute Gasteiger partial charge is 0.494 e. The van der Waals surface area contributed by atoms with E-state index in [0.717, 1.165) is 17.2 Å². The Morgan fingerprint density at radius 3 is 2.67 bits per heavy atom. The first-order valence-electron chi connectivity index (χ1n) is 5.88. The molecule has 4 heteroatoms. The fourth-order valence-electron chi connectivity index (χ4n) is 1.74. The second-order valence-electron chi connectivity index (χ2n) is 3.95. The predicted octanol–water partition coefficient (Wildman–Crippen LogP) is 4.13. The second kappa shape index (κ2) is 6.78. The molecule has 96 valence electrons. The first kappa shape index (κ1) is 13.4. The van der Waals surface area contributed by atoms with E-state index >= 15 is 0 Å². The van der Waals surface area contributed by atoms with Crippen LogP contribution in [0.2, 0.25) is 5.02 Å². The third kappa shape index (κ3) is 3.73. The lowest BCUT2D eigenvalue weighted by molar-refractivity contribution is 0.291. The molecule has 0 fully saturated rings. The summed E-state index contributed by atoms with van der Waals surface area (Å²) >= 11 is 7.59. The summed E-state index contributed by atoms with van der Waals surface area (Å²) in [6.07, 6.45) is 0.944. The Labute approximate surface area is 117 Å². The van der Waals surface area contributed by atoms with E-state index in [1.165, 1.54) is 4.88 Å². The average molecular weight is 282 g/mol. The van der Waals surface area contributed by atoms with Gasteiger partial charge >= 0.3 is 0 Å². The quantitative estimate of drug-likeness (QED) is 0.859. The van der Waals surface area contributed by atoms with Crippen molar-refractivity contribution >= 4 is 22.9 Å². The summed E-state index contributed by atoms with van der Waals surface area (Å²) in [6.45, 7) is 0.686. The number of rotatable bonds is 6. The highest BCUT2D eigenvalue weighted by Gasteiger charge is 2.09.